The molecular formula is C23H29NO2. The van der Waals surface area contributed by atoms with Crippen molar-refractivity contribution in [3.8, 4) is 11.5 Å². The zero-order valence-corrected chi connectivity index (χ0v) is 15.7. The van der Waals surface area contributed by atoms with Crippen molar-refractivity contribution in [3.63, 3.8) is 0 Å². The molecule has 0 saturated carbocycles. The van der Waals surface area contributed by atoms with Gasteiger partial charge in [-0.3, -0.25) is 4.90 Å². The maximum atomic E-state index is 5.98. The molecule has 2 aromatic rings. The summed E-state index contributed by atoms with van der Waals surface area (Å²) in [5, 5.41) is 0. The van der Waals surface area contributed by atoms with Crippen molar-refractivity contribution in [2.24, 2.45) is 0 Å². The van der Waals surface area contributed by atoms with Crippen LogP contribution in [0.15, 0.2) is 48.5 Å². The van der Waals surface area contributed by atoms with Crippen LogP contribution in [0.3, 0.4) is 0 Å². The molecule has 1 fully saturated rings. The summed E-state index contributed by atoms with van der Waals surface area (Å²) in [6, 6.07) is 16.8. The third-order valence-electron chi connectivity index (χ3n) is 6.16. The van der Waals surface area contributed by atoms with E-state index in [0.29, 0.717) is 5.54 Å². The highest BCUT2D eigenvalue weighted by molar-refractivity contribution is 5.39. The molecule has 0 aromatic heterocycles. The first kappa shape index (κ1) is 17.4. The van der Waals surface area contributed by atoms with Crippen molar-refractivity contribution in [2.75, 3.05) is 26.8 Å². The largest absolute Gasteiger partial charge is 0.497 e. The van der Waals surface area contributed by atoms with Crippen molar-refractivity contribution < 1.29 is 9.47 Å². The lowest BCUT2D eigenvalue weighted by atomic mass is 9.72. The number of aryl methyl sites for hydroxylation is 1. The van der Waals surface area contributed by atoms with Gasteiger partial charge >= 0.3 is 0 Å². The number of piperidine rings is 1. The molecule has 1 spiro atoms. The number of ether oxygens (including phenoxy) is 2. The maximum Gasteiger partial charge on any atom is 0.119 e. The Balaban J connectivity index is 1.44. The summed E-state index contributed by atoms with van der Waals surface area (Å²) in [5.41, 5.74) is 3.30. The lowest BCUT2D eigenvalue weighted by Crippen LogP contribution is -2.56. The molecule has 1 aliphatic heterocycles. The van der Waals surface area contributed by atoms with Gasteiger partial charge in [-0.1, -0.05) is 30.7 Å². The third-order valence-corrected chi connectivity index (χ3v) is 6.16. The van der Waals surface area contributed by atoms with E-state index in [4.69, 9.17) is 9.47 Å². The number of rotatable bonds is 5. The predicted molar refractivity (Wildman–Crippen MR) is 105 cm³/mol. The molecule has 3 nitrogen and oxygen atoms in total. The van der Waals surface area contributed by atoms with E-state index in [1.54, 1.807) is 7.11 Å². The predicted octanol–water partition coefficient (Wildman–Crippen LogP) is 4.49. The second kappa shape index (κ2) is 7.71. The topological polar surface area (TPSA) is 21.7 Å². The Labute approximate surface area is 156 Å². The van der Waals surface area contributed by atoms with Crippen LogP contribution in [0.5, 0.6) is 11.5 Å². The summed E-state index contributed by atoms with van der Waals surface area (Å²) in [5.74, 6) is 1.95. The fourth-order valence-corrected chi connectivity index (χ4v) is 4.72. The fraction of sp³-hybridized carbons (Fsp3) is 0.478. The highest BCUT2D eigenvalue weighted by Gasteiger charge is 2.41. The molecule has 0 amide bonds. The van der Waals surface area contributed by atoms with Gasteiger partial charge < -0.3 is 9.47 Å². The van der Waals surface area contributed by atoms with Crippen LogP contribution in [-0.2, 0) is 12.8 Å². The van der Waals surface area contributed by atoms with Gasteiger partial charge in [0.25, 0.3) is 0 Å². The number of benzene rings is 2. The lowest BCUT2D eigenvalue weighted by Gasteiger charge is -2.50. The second-order valence-electron chi connectivity index (χ2n) is 7.64. The van der Waals surface area contributed by atoms with Crippen molar-refractivity contribution in [3.05, 3.63) is 59.7 Å². The van der Waals surface area contributed by atoms with E-state index in [9.17, 15) is 0 Å². The van der Waals surface area contributed by atoms with E-state index in [0.717, 1.165) is 37.5 Å². The fourth-order valence-electron chi connectivity index (χ4n) is 4.72. The summed E-state index contributed by atoms with van der Waals surface area (Å²) in [6.07, 6.45) is 7.53. The molecule has 1 heterocycles. The number of methoxy groups -OCH3 is 1. The van der Waals surface area contributed by atoms with Crippen LogP contribution in [0.2, 0.25) is 0 Å². The molecule has 4 rings (SSSR count). The number of likely N-dealkylation sites (tertiary alicyclic amines) is 1. The van der Waals surface area contributed by atoms with Crippen LogP contribution in [0.25, 0.3) is 0 Å². The molecule has 1 unspecified atom stereocenters. The molecule has 0 radical (unpaired) electrons. The first-order valence-electron chi connectivity index (χ1n) is 9.88. The van der Waals surface area contributed by atoms with Gasteiger partial charge in [0.05, 0.1) is 7.11 Å². The molecule has 3 heteroatoms. The number of fused-ring (bicyclic) bond motifs is 1. The van der Waals surface area contributed by atoms with Crippen molar-refractivity contribution in [1.82, 2.24) is 4.90 Å². The average Bonchev–Trinajstić information content (AvgIpc) is 2.70. The molecule has 0 bridgehead atoms. The van der Waals surface area contributed by atoms with E-state index in [1.165, 1.54) is 43.4 Å². The van der Waals surface area contributed by atoms with E-state index >= 15 is 0 Å². The van der Waals surface area contributed by atoms with Crippen molar-refractivity contribution in [2.45, 2.75) is 44.1 Å². The Kier molecular flexibility index (Phi) is 5.16. The standard InChI is InChI=1S/C23H29NO2/c1-25-22-10-9-20-18-23(13-11-19(20)17-22)12-5-6-14-24(23)15-16-26-21-7-3-2-4-8-21/h2-4,7-10,17H,5-6,11-16,18H2,1H3. The third kappa shape index (κ3) is 3.59. The first-order valence-corrected chi connectivity index (χ1v) is 9.88. The maximum absolute atomic E-state index is 5.98. The minimum atomic E-state index is 0.319. The quantitative estimate of drug-likeness (QED) is 0.792. The Hall–Kier alpha value is -2.00. The SMILES string of the molecule is COc1ccc2c(c1)CCC1(CCCCN1CCOc1ccccc1)C2. The number of para-hydroxylation sites is 1. The van der Waals surface area contributed by atoms with Gasteiger partial charge in [-0.2, -0.15) is 0 Å². The first-order chi connectivity index (χ1) is 12.8. The summed E-state index contributed by atoms with van der Waals surface area (Å²) < 4.78 is 11.4. The highest BCUT2D eigenvalue weighted by Crippen LogP contribution is 2.40. The molecule has 26 heavy (non-hydrogen) atoms. The van der Waals surface area contributed by atoms with Crippen LogP contribution < -0.4 is 9.47 Å². The van der Waals surface area contributed by atoms with Crippen molar-refractivity contribution in [1.29, 1.82) is 0 Å². The molecule has 2 aromatic carbocycles. The number of hydrogen-bond acceptors (Lipinski definition) is 3. The van der Waals surface area contributed by atoms with Crippen LogP contribution in [-0.4, -0.2) is 37.2 Å². The Morgan fingerprint density at radius 3 is 2.69 bits per heavy atom. The molecule has 138 valence electrons. The van der Waals surface area contributed by atoms with E-state index < -0.39 is 0 Å². The Morgan fingerprint density at radius 2 is 1.85 bits per heavy atom. The molecule has 2 aliphatic rings. The Bertz CT molecular complexity index is 730. The minimum absolute atomic E-state index is 0.319. The van der Waals surface area contributed by atoms with Crippen LogP contribution >= 0.6 is 0 Å². The summed E-state index contributed by atoms with van der Waals surface area (Å²) in [7, 11) is 1.75. The van der Waals surface area contributed by atoms with Gasteiger partial charge in [-0.25, -0.2) is 0 Å². The van der Waals surface area contributed by atoms with Gasteiger partial charge in [0.15, 0.2) is 0 Å². The zero-order chi connectivity index (χ0) is 17.8. The number of hydrogen-bond donors (Lipinski definition) is 0. The van der Waals surface area contributed by atoms with E-state index in [1.807, 2.05) is 30.3 Å². The van der Waals surface area contributed by atoms with Gasteiger partial charge in [0.2, 0.25) is 0 Å². The normalized spacial score (nSPS) is 22.8. The summed E-state index contributed by atoms with van der Waals surface area (Å²) in [6.45, 7) is 2.98. The van der Waals surface area contributed by atoms with Gasteiger partial charge in [-0.05, 0) is 74.0 Å². The van der Waals surface area contributed by atoms with Gasteiger partial charge in [0.1, 0.15) is 18.1 Å². The molecule has 1 saturated heterocycles. The second-order valence-corrected chi connectivity index (χ2v) is 7.64. The zero-order valence-electron chi connectivity index (χ0n) is 15.7. The molecule has 1 aliphatic carbocycles. The Morgan fingerprint density at radius 1 is 0.962 bits per heavy atom. The summed E-state index contributed by atoms with van der Waals surface area (Å²) in [4.78, 5) is 2.71. The number of nitrogens with zero attached hydrogens (tertiary/aromatic N) is 1. The van der Waals surface area contributed by atoms with Crippen LogP contribution in [0, 0.1) is 0 Å². The monoisotopic (exact) mass is 351 g/mol. The van der Waals surface area contributed by atoms with E-state index in [-0.39, 0.29) is 0 Å². The van der Waals surface area contributed by atoms with Crippen LogP contribution in [0.4, 0.5) is 0 Å². The lowest BCUT2D eigenvalue weighted by molar-refractivity contribution is 0.0236. The average molecular weight is 351 g/mol. The van der Waals surface area contributed by atoms with Gasteiger partial charge in [-0.15, -0.1) is 0 Å². The van der Waals surface area contributed by atoms with Crippen molar-refractivity contribution >= 4 is 0 Å². The van der Waals surface area contributed by atoms with E-state index in [2.05, 4.69) is 23.1 Å². The molecule has 0 N–H and O–H groups in total. The molecular weight excluding hydrogens is 322 g/mol. The highest BCUT2D eigenvalue weighted by atomic mass is 16.5. The molecule has 1 atom stereocenters. The van der Waals surface area contributed by atoms with Gasteiger partial charge in [0, 0.05) is 12.1 Å². The summed E-state index contributed by atoms with van der Waals surface area (Å²) >= 11 is 0. The van der Waals surface area contributed by atoms with Crippen LogP contribution in [0.1, 0.15) is 36.8 Å². The smallest absolute Gasteiger partial charge is 0.119 e. The minimum Gasteiger partial charge on any atom is -0.497 e.